The van der Waals surface area contributed by atoms with Gasteiger partial charge in [-0.2, -0.15) is 0 Å². The minimum atomic E-state index is 0.540. The zero-order valence-electron chi connectivity index (χ0n) is 11.0. The Balaban J connectivity index is 2.32. The van der Waals surface area contributed by atoms with Crippen molar-refractivity contribution in [3.8, 4) is 17.1 Å². The van der Waals surface area contributed by atoms with E-state index in [0.29, 0.717) is 37.0 Å². The Morgan fingerprint density at radius 1 is 1.32 bits per heavy atom. The van der Waals surface area contributed by atoms with Crippen molar-refractivity contribution in [1.29, 1.82) is 0 Å². The molecule has 0 aliphatic rings. The maximum absolute atomic E-state index is 5.86. The molecule has 0 radical (unpaired) electrons. The molecule has 0 amide bonds. The van der Waals surface area contributed by atoms with Crippen LogP contribution in [0.25, 0.3) is 11.4 Å². The zero-order valence-corrected chi connectivity index (χ0v) is 11.0. The Labute approximate surface area is 111 Å². The summed E-state index contributed by atoms with van der Waals surface area (Å²) in [5.41, 5.74) is 7.30. The highest BCUT2D eigenvalue weighted by Gasteiger charge is 2.10. The van der Waals surface area contributed by atoms with Crippen LogP contribution in [0.15, 0.2) is 18.2 Å². The van der Waals surface area contributed by atoms with E-state index < -0.39 is 0 Å². The molecule has 0 unspecified atom stereocenters. The largest absolute Gasteiger partial charge is 0.494 e. The molecule has 0 bridgehead atoms. The first kappa shape index (κ1) is 13.3. The summed E-state index contributed by atoms with van der Waals surface area (Å²) in [7, 11) is 1.64. The van der Waals surface area contributed by atoms with Crippen molar-refractivity contribution in [1.82, 2.24) is 20.2 Å². The van der Waals surface area contributed by atoms with Crippen LogP contribution in [0.4, 0.5) is 5.69 Å². The number of hydrogen-bond acceptors (Lipinski definition) is 6. The summed E-state index contributed by atoms with van der Waals surface area (Å²) in [6.07, 6.45) is 0. The Morgan fingerprint density at radius 2 is 2.16 bits per heavy atom. The van der Waals surface area contributed by atoms with Gasteiger partial charge in [-0.05, 0) is 29.5 Å². The van der Waals surface area contributed by atoms with Gasteiger partial charge in [-0.3, -0.25) is 0 Å². The van der Waals surface area contributed by atoms with E-state index in [0.717, 1.165) is 5.56 Å². The number of ether oxygens (including phenoxy) is 2. The maximum atomic E-state index is 5.86. The minimum Gasteiger partial charge on any atom is -0.494 e. The van der Waals surface area contributed by atoms with Gasteiger partial charge in [-0.1, -0.05) is 0 Å². The lowest BCUT2D eigenvalue weighted by atomic mass is 10.2. The average molecular weight is 263 g/mol. The molecule has 19 heavy (non-hydrogen) atoms. The van der Waals surface area contributed by atoms with E-state index in [9.17, 15) is 0 Å². The van der Waals surface area contributed by atoms with Crippen LogP contribution in [0.5, 0.6) is 5.75 Å². The molecule has 7 heteroatoms. The van der Waals surface area contributed by atoms with Gasteiger partial charge in [-0.25, -0.2) is 4.68 Å². The van der Waals surface area contributed by atoms with E-state index in [1.807, 2.05) is 19.1 Å². The van der Waals surface area contributed by atoms with Gasteiger partial charge in [0.05, 0.1) is 19.8 Å². The lowest BCUT2D eigenvalue weighted by molar-refractivity contribution is 0.183. The highest BCUT2D eigenvalue weighted by molar-refractivity contribution is 5.64. The fourth-order valence-electron chi connectivity index (χ4n) is 1.74. The van der Waals surface area contributed by atoms with E-state index in [1.54, 1.807) is 17.9 Å². The van der Waals surface area contributed by atoms with Gasteiger partial charge in [0, 0.05) is 24.4 Å². The van der Waals surface area contributed by atoms with Crippen LogP contribution >= 0.6 is 0 Å². The third kappa shape index (κ3) is 3.19. The highest BCUT2D eigenvalue weighted by Crippen LogP contribution is 2.25. The van der Waals surface area contributed by atoms with Crippen LogP contribution in [-0.4, -0.2) is 40.5 Å². The van der Waals surface area contributed by atoms with Crippen LogP contribution in [0.3, 0.4) is 0 Å². The molecule has 2 aromatic rings. The Morgan fingerprint density at radius 3 is 2.89 bits per heavy atom. The molecule has 102 valence electrons. The van der Waals surface area contributed by atoms with Gasteiger partial charge in [0.15, 0.2) is 5.82 Å². The number of nitrogen functional groups attached to an aromatic ring is 1. The Hall–Kier alpha value is -2.15. The molecule has 2 N–H and O–H groups in total. The van der Waals surface area contributed by atoms with E-state index in [2.05, 4.69) is 15.5 Å². The number of methoxy groups -OCH3 is 1. The predicted molar refractivity (Wildman–Crippen MR) is 70.7 cm³/mol. The molecule has 1 aromatic carbocycles. The molecule has 1 aromatic heterocycles. The van der Waals surface area contributed by atoms with Crippen molar-refractivity contribution in [2.75, 3.05) is 26.1 Å². The number of nitrogens with zero attached hydrogens (tertiary/aromatic N) is 4. The van der Waals surface area contributed by atoms with Crippen LogP contribution in [0.1, 0.15) is 6.92 Å². The third-order valence-electron chi connectivity index (χ3n) is 2.54. The third-order valence-corrected chi connectivity index (χ3v) is 2.54. The molecule has 0 aliphatic carbocycles. The van der Waals surface area contributed by atoms with Crippen molar-refractivity contribution >= 4 is 5.69 Å². The molecular formula is C12H17N5O2. The monoisotopic (exact) mass is 263 g/mol. The second kappa shape index (κ2) is 6.14. The van der Waals surface area contributed by atoms with Gasteiger partial charge < -0.3 is 15.2 Å². The first-order valence-electron chi connectivity index (χ1n) is 6.03. The molecule has 1 heterocycles. The van der Waals surface area contributed by atoms with Gasteiger partial charge in [0.2, 0.25) is 0 Å². The van der Waals surface area contributed by atoms with E-state index in [4.69, 9.17) is 15.2 Å². The molecule has 0 fully saturated rings. The molecule has 0 atom stereocenters. The average Bonchev–Trinajstić information content (AvgIpc) is 2.84. The first-order valence-corrected chi connectivity index (χ1v) is 6.03. The summed E-state index contributed by atoms with van der Waals surface area (Å²) in [5.74, 6) is 1.35. The number of tetrazole rings is 1. The lowest BCUT2D eigenvalue weighted by Crippen LogP contribution is -2.08. The lowest BCUT2D eigenvalue weighted by Gasteiger charge is -2.08. The number of nitrogens with two attached hydrogens (primary N) is 1. The summed E-state index contributed by atoms with van der Waals surface area (Å²) < 4.78 is 12.2. The van der Waals surface area contributed by atoms with Crippen molar-refractivity contribution in [2.45, 2.75) is 13.5 Å². The van der Waals surface area contributed by atoms with Crippen LogP contribution < -0.4 is 10.5 Å². The van der Waals surface area contributed by atoms with Gasteiger partial charge >= 0.3 is 0 Å². The number of anilines is 1. The molecule has 0 aliphatic heterocycles. The second-order valence-corrected chi connectivity index (χ2v) is 3.94. The van der Waals surface area contributed by atoms with Crippen molar-refractivity contribution < 1.29 is 9.47 Å². The predicted octanol–water partition coefficient (Wildman–Crippen LogP) is 0.967. The van der Waals surface area contributed by atoms with Gasteiger partial charge in [0.1, 0.15) is 5.75 Å². The molecule has 0 saturated heterocycles. The SMILES string of the molecule is CCOc1cc(N)cc(-c2nnnn2CCOC)c1. The first-order chi connectivity index (χ1) is 9.24. The van der Waals surface area contributed by atoms with Crippen LogP contribution in [0.2, 0.25) is 0 Å². The molecule has 0 spiro atoms. The number of hydrogen-bond donors (Lipinski definition) is 1. The van der Waals surface area contributed by atoms with Gasteiger partial charge in [-0.15, -0.1) is 5.10 Å². The van der Waals surface area contributed by atoms with E-state index >= 15 is 0 Å². The van der Waals surface area contributed by atoms with Gasteiger partial charge in [0.25, 0.3) is 0 Å². The summed E-state index contributed by atoms with van der Waals surface area (Å²) >= 11 is 0. The number of rotatable bonds is 6. The normalized spacial score (nSPS) is 10.6. The quantitative estimate of drug-likeness (QED) is 0.781. The van der Waals surface area contributed by atoms with Crippen LogP contribution in [0, 0.1) is 0 Å². The van der Waals surface area contributed by atoms with Crippen molar-refractivity contribution in [3.05, 3.63) is 18.2 Å². The summed E-state index contributed by atoms with van der Waals surface area (Å²) in [6, 6.07) is 5.46. The van der Waals surface area contributed by atoms with E-state index in [-0.39, 0.29) is 0 Å². The van der Waals surface area contributed by atoms with E-state index in [1.165, 1.54) is 0 Å². The maximum Gasteiger partial charge on any atom is 0.182 e. The second-order valence-electron chi connectivity index (χ2n) is 3.94. The highest BCUT2D eigenvalue weighted by atomic mass is 16.5. The standard InChI is InChI=1S/C12H17N5O2/c1-3-19-11-7-9(6-10(13)8-11)12-14-15-16-17(12)4-5-18-2/h6-8H,3-5,13H2,1-2H3. The topological polar surface area (TPSA) is 88.1 Å². The Kier molecular flexibility index (Phi) is 4.30. The molecule has 7 nitrogen and oxygen atoms in total. The smallest absolute Gasteiger partial charge is 0.182 e. The number of aromatic nitrogens is 4. The minimum absolute atomic E-state index is 0.540. The summed E-state index contributed by atoms with van der Waals surface area (Å²) in [6.45, 7) is 3.62. The fourth-order valence-corrected chi connectivity index (χ4v) is 1.74. The fraction of sp³-hybridized carbons (Fsp3) is 0.417. The zero-order chi connectivity index (χ0) is 13.7. The number of benzene rings is 1. The van der Waals surface area contributed by atoms with Crippen LogP contribution in [-0.2, 0) is 11.3 Å². The summed E-state index contributed by atoms with van der Waals surface area (Å²) in [5, 5.41) is 11.6. The summed E-state index contributed by atoms with van der Waals surface area (Å²) in [4.78, 5) is 0. The molecule has 0 saturated carbocycles. The molecular weight excluding hydrogens is 246 g/mol. The Bertz CT molecular complexity index is 541. The van der Waals surface area contributed by atoms with Crippen molar-refractivity contribution in [2.24, 2.45) is 0 Å². The molecule has 2 rings (SSSR count). The van der Waals surface area contributed by atoms with Crippen molar-refractivity contribution in [3.63, 3.8) is 0 Å².